The summed E-state index contributed by atoms with van der Waals surface area (Å²) in [7, 11) is 0. The highest BCUT2D eigenvalue weighted by atomic mass is 16.4. The molecule has 6 nitrogen and oxygen atoms in total. The van der Waals surface area contributed by atoms with Crippen LogP contribution in [0.4, 0.5) is 0 Å². The van der Waals surface area contributed by atoms with Gasteiger partial charge in [0.2, 0.25) is 5.82 Å². The average Bonchev–Trinajstić information content (AvgIpc) is 2.68. The number of hydrogen-bond acceptors (Lipinski definition) is 5. The Hall–Kier alpha value is -2.24. The second kappa shape index (κ2) is 3.65. The molecule has 0 saturated carbocycles. The summed E-state index contributed by atoms with van der Waals surface area (Å²) in [6, 6.07) is 9.34. The maximum absolute atomic E-state index is 8.37. The Kier molecular flexibility index (Phi) is 2.18. The van der Waals surface area contributed by atoms with E-state index in [4.69, 9.17) is 5.21 Å². The van der Waals surface area contributed by atoms with Crippen molar-refractivity contribution in [2.75, 3.05) is 0 Å². The molecule has 0 atom stereocenters. The Morgan fingerprint density at radius 3 is 2.79 bits per heavy atom. The van der Waals surface area contributed by atoms with Crippen molar-refractivity contribution in [1.82, 2.24) is 20.2 Å². The molecule has 0 radical (unpaired) electrons. The van der Waals surface area contributed by atoms with E-state index in [1.165, 1.54) is 10.9 Å². The molecule has 2 rings (SSSR count). The first kappa shape index (κ1) is 8.36. The summed E-state index contributed by atoms with van der Waals surface area (Å²) in [5, 5.41) is 22.2. The van der Waals surface area contributed by atoms with Gasteiger partial charge in [-0.2, -0.15) is 4.68 Å². The molecule has 1 heterocycles. The molecule has 1 aromatic carbocycles. The van der Waals surface area contributed by atoms with Crippen LogP contribution in [0, 0.1) is 0 Å². The van der Waals surface area contributed by atoms with Gasteiger partial charge < -0.3 is 5.21 Å². The molecular formula is C8H7N5O. The second-order valence-electron chi connectivity index (χ2n) is 2.53. The standard InChI is InChI=1S/C8H7N5O/c14-9-6-8-10-11-12-13(8)7-4-2-1-3-5-7/h1-6,14H/b9-6-. The van der Waals surface area contributed by atoms with Crippen molar-refractivity contribution in [3.8, 4) is 5.69 Å². The highest BCUT2D eigenvalue weighted by Gasteiger charge is 2.04. The third-order valence-electron chi connectivity index (χ3n) is 1.67. The minimum Gasteiger partial charge on any atom is -0.411 e. The molecule has 70 valence electrons. The van der Waals surface area contributed by atoms with Crippen LogP contribution in [0.25, 0.3) is 5.69 Å². The van der Waals surface area contributed by atoms with Crippen molar-refractivity contribution in [2.45, 2.75) is 0 Å². The summed E-state index contributed by atoms with van der Waals surface area (Å²) in [5.41, 5.74) is 0.812. The number of rotatable bonds is 2. The molecule has 0 unspecified atom stereocenters. The van der Waals surface area contributed by atoms with Crippen LogP contribution >= 0.6 is 0 Å². The maximum atomic E-state index is 8.37. The largest absolute Gasteiger partial charge is 0.411 e. The molecule has 0 saturated heterocycles. The van der Waals surface area contributed by atoms with Gasteiger partial charge in [0.25, 0.3) is 0 Å². The topological polar surface area (TPSA) is 76.2 Å². The predicted molar refractivity (Wildman–Crippen MR) is 48.5 cm³/mol. The van der Waals surface area contributed by atoms with Crippen molar-refractivity contribution < 1.29 is 5.21 Å². The lowest BCUT2D eigenvalue weighted by Crippen LogP contribution is -2.01. The fourth-order valence-corrected chi connectivity index (χ4v) is 1.08. The maximum Gasteiger partial charge on any atom is 0.201 e. The van der Waals surface area contributed by atoms with E-state index in [0.717, 1.165) is 5.69 Å². The summed E-state index contributed by atoms with van der Waals surface area (Å²) in [6.45, 7) is 0. The number of benzene rings is 1. The third-order valence-corrected chi connectivity index (χ3v) is 1.67. The van der Waals surface area contributed by atoms with Crippen molar-refractivity contribution >= 4 is 6.21 Å². The number of para-hydroxylation sites is 1. The van der Waals surface area contributed by atoms with Crippen LogP contribution in [0.3, 0.4) is 0 Å². The zero-order valence-electron chi connectivity index (χ0n) is 7.15. The van der Waals surface area contributed by atoms with Crippen molar-refractivity contribution in [1.29, 1.82) is 0 Å². The van der Waals surface area contributed by atoms with E-state index < -0.39 is 0 Å². The van der Waals surface area contributed by atoms with Crippen LogP contribution < -0.4 is 0 Å². The molecule has 14 heavy (non-hydrogen) atoms. The van der Waals surface area contributed by atoms with Crippen molar-refractivity contribution in [3.63, 3.8) is 0 Å². The molecule has 0 amide bonds. The lowest BCUT2D eigenvalue weighted by atomic mass is 10.3. The molecule has 1 aromatic heterocycles. The highest BCUT2D eigenvalue weighted by molar-refractivity contribution is 5.74. The predicted octanol–water partition coefficient (Wildman–Crippen LogP) is 0.470. The second-order valence-corrected chi connectivity index (χ2v) is 2.53. The van der Waals surface area contributed by atoms with Gasteiger partial charge in [0.05, 0.1) is 5.69 Å². The van der Waals surface area contributed by atoms with E-state index in [1.54, 1.807) is 0 Å². The normalized spacial score (nSPS) is 10.9. The smallest absolute Gasteiger partial charge is 0.201 e. The number of nitrogens with zero attached hydrogens (tertiary/aromatic N) is 5. The highest BCUT2D eigenvalue weighted by Crippen LogP contribution is 2.04. The summed E-state index contributed by atoms with van der Waals surface area (Å²) >= 11 is 0. The van der Waals surface area contributed by atoms with Crippen LogP contribution in [0.5, 0.6) is 0 Å². The fourth-order valence-electron chi connectivity index (χ4n) is 1.08. The zero-order valence-corrected chi connectivity index (χ0v) is 7.15. The van der Waals surface area contributed by atoms with Gasteiger partial charge in [0, 0.05) is 0 Å². The number of tetrazole rings is 1. The fraction of sp³-hybridized carbons (Fsp3) is 0. The molecule has 0 bridgehead atoms. The van der Waals surface area contributed by atoms with E-state index in [-0.39, 0.29) is 0 Å². The number of hydrogen-bond donors (Lipinski definition) is 1. The quantitative estimate of drug-likeness (QED) is 0.423. The van der Waals surface area contributed by atoms with E-state index in [1.807, 2.05) is 30.3 Å². The minimum absolute atomic E-state index is 0.374. The molecular weight excluding hydrogens is 182 g/mol. The van der Waals surface area contributed by atoms with E-state index in [9.17, 15) is 0 Å². The average molecular weight is 189 g/mol. The van der Waals surface area contributed by atoms with Gasteiger partial charge >= 0.3 is 0 Å². The van der Waals surface area contributed by atoms with Gasteiger partial charge in [-0.3, -0.25) is 0 Å². The first-order chi connectivity index (χ1) is 6.92. The van der Waals surface area contributed by atoms with Crippen LogP contribution in [0.2, 0.25) is 0 Å². The molecule has 0 fully saturated rings. The molecule has 0 aliphatic heterocycles. The van der Waals surface area contributed by atoms with Crippen molar-refractivity contribution in [3.05, 3.63) is 36.2 Å². The Morgan fingerprint density at radius 1 is 1.29 bits per heavy atom. The molecule has 6 heteroatoms. The monoisotopic (exact) mass is 189 g/mol. The third kappa shape index (κ3) is 1.45. The first-order valence-electron chi connectivity index (χ1n) is 3.93. The molecule has 0 aliphatic rings. The Balaban J connectivity index is 2.47. The Morgan fingerprint density at radius 2 is 2.07 bits per heavy atom. The molecule has 2 aromatic rings. The minimum atomic E-state index is 0.374. The summed E-state index contributed by atoms with van der Waals surface area (Å²) in [4.78, 5) is 0. The molecule has 0 spiro atoms. The molecule has 0 aliphatic carbocycles. The summed E-state index contributed by atoms with van der Waals surface area (Å²) in [6.07, 6.45) is 1.17. The number of aromatic nitrogens is 4. The SMILES string of the molecule is O/N=C\c1nnnn1-c1ccccc1. The van der Waals surface area contributed by atoms with Crippen LogP contribution in [-0.4, -0.2) is 31.6 Å². The number of oxime groups is 1. The van der Waals surface area contributed by atoms with Crippen LogP contribution in [0.1, 0.15) is 5.82 Å². The molecule has 1 N–H and O–H groups in total. The van der Waals surface area contributed by atoms with Gasteiger partial charge in [-0.1, -0.05) is 23.4 Å². The summed E-state index contributed by atoms with van der Waals surface area (Å²) < 4.78 is 1.47. The lowest BCUT2D eigenvalue weighted by molar-refractivity contribution is 0.321. The van der Waals surface area contributed by atoms with Gasteiger partial charge in [-0.15, -0.1) is 5.10 Å². The Bertz CT molecular complexity index is 436. The van der Waals surface area contributed by atoms with E-state index >= 15 is 0 Å². The van der Waals surface area contributed by atoms with Gasteiger partial charge in [0.15, 0.2) is 0 Å². The van der Waals surface area contributed by atoms with E-state index in [0.29, 0.717) is 5.82 Å². The van der Waals surface area contributed by atoms with Crippen LogP contribution in [-0.2, 0) is 0 Å². The zero-order chi connectivity index (χ0) is 9.80. The Labute approximate surface area is 79.5 Å². The van der Waals surface area contributed by atoms with E-state index in [2.05, 4.69) is 20.7 Å². The first-order valence-corrected chi connectivity index (χ1v) is 3.93. The van der Waals surface area contributed by atoms with Gasteiger partial charge in [-0.25, -0.2) is 0 Å². The van der Waals surface area contributed by atoms with Crippen LogP contribution in [0.15, 0.2) is 35.5 Å². The lowest BCUT2D eigenvalue weighted by Gasteiger charge is -1.98. The van der Waals surface area contributed by atoms with Gasteiger partial charge in [0.1, 0.15) is 6.21 Å². The summed E-state index contributed by atoms with van der Waals surface area (Å²) in [5.74, 6) is 0.374. The van der Waals surface area contributed by atoms with Crippen molar-refractivity contribution in [2.24, 2.45) is 5.16 Å². The van der Waals surface area contributed by atoms with Gasteiger partial charge in [-0.05, 0) is 22.6 Å².